The van der Waals surface area contributed by atoms with Gasteiger partial charge in [-0.2, -0.15) is 0 Å². The SMILES string of the molecule is CC(C)(C)OC(=O)N1CCC2OCCNCC21. The lowest BCUT2D eigenvalue weighted by atomic mass is 10.1. The lowest BCUT2D eigenvalue weighted by molar-refractivity contribution is 0.00916. The van der Waals surface area contributed by atoms with Gasteiger partial charge in [0.15, 0.2) is 0 Å². The number of carbonyl (C=O) groups is 1. The number of hydrogen-bond acceptors (Lipinski definition) is 4. The molecule has 2 saturated heterocycles. The fraction of sp³-hybridized carbons (Fsp3) is 0.917. The molecule has 98 valence electrons. The topological polar surface area (TPSA) is 50.8 Å². The van der Waals surface area contributed by atoms with Crippen molar-refractivity contribution in [3.05, 3.63) is 0 Å². The summed E-state index contributed by atoms with van der Waals surface area (Å²) < 4.78 is 11.1. The zero-order valence-corrected chi connectivity index (χ0v) is 10.9. The largest absolute Gasteiger partial charge is 0.444 e. The highest BCUT2D eigenvalue weighted by atomic mass is 16.6. The molecule has 0 aromatic rings. The Morgan fingerprint density at radius 2 is 2.24 bits per heavy atom. The fourth-order valence-electron chi connectivity index (χ4n) is 2.34. The summed E-state index contributed by atoms with van der Waals surface area (Å²) in [7, 11) is 0. The fourth-order valence-corrected chi connectivity index (χ4v) is 2.34. The first kappa shape index (κ1) is 12.6. The Balaban J connectivity index is 1.99. The van der Waals surface area contributed by atoms with Crippen molar-refractivity contribution in [2.24, 2.45) is 0 Å². The number of rotatable bonds is 0. The van der Waals surface area contributed by atoms with Crippen LogP contribution < -0.4 is 5.32 Å². The number of fused-ring (bicyclic) bond motifs is 1. The highest BCUT2D eigenvalue weighted by Crippen LogP contribution is 2.24. The van der Waals surface area contributed by atoms with Crippen molar-refractivity contribution in [3.63, 3.8) is 0 Å². The van der Waals surface area contributed by atoms with Crippen molar-refractivity contribution in [1.29, 1.82) is 0 Å². The number of nitrogens with zero attached hydrogens (tertiary/aromatic N) is 1. The Morgan fingerprint density at radius 1 is 1.47 bits per heavy atom. The van der Waals surface area contributed by atoms with Crippen LogP contribution >= 0.6 is 0 Å². The molecule has 2 aliphatic rings. The minimum Gasteiger partial charge on any atom is -0.444 e. The van der Waals surface area contributed by atoms with Crippen LogP contribution in [0.2, 0.25) is 0 Å². The molecular formula is C12H22N2O3. The van der Waals surface area contributed by atoms with Crippen LogP contribution in [0.4, 0.5) is 4.79 Å². The summed E-state index contributed by atoms with van der Waals surface area (Å²) in [5, 5.41) is 3.29. The van der Waals surface area contributed by atoms with Gasteiger partial charge in [-0.3, -0.25) is 0 Å². The van der Waals surface area contributed by atoms with E-state index in [1.54, 1.807) is 4.90 Å². The Bertz CT molecular complexity index is 288. The van der Waals surface area contributed by atoms with Gasteiger partial charge in [0.05, 0.1) is 18.8 Å². The molecule has 2 rings (SSSR count). The predicted octanol–water partition coefficient (Wildman–Crippen LogP) is 0.984. The van der Waals surface area contributed by atoms with Crippen LogP contribution in [0.3, 0.4) is 0 Å². The van der Waals surface area contributed by atoms with Crippen molar-refractivity contribution in [2.45, 2.75) is 44.9 Å². The maximum Gasteiger partial charge on any atom is 0.410 e. The highest BCUT2D eigenvalue weighted by Gasteiger charge is 2.40. The molecule has 0 radical (unpaired) electrons. The molecule has 1 N–H and O–H groups in total. The number of nitrogens with one attached hydrogen (secondary N) is 1. The zero-order chi connectivity index (χ0) is 12.5. The third kappa shape index (κ3) is 3.10. The van der Waals surface area contributed by atoms with E-state index in [-0.39, 0.29) is 18.2 Å². The second-order valence-electron chi connectivity index (χ2n) is 5.64. The van der Waals surface area contributed by atoms with E-state index in [4.69, 9.17) is 9.47 Å². The van der Waals surface area contributed by atoms with Crippen molar-refractivity contribution in [2.75, 3.05) is 26.2 Å². The first-order valence-corrected chi connectivity index (χ1v) is 6.29. The lowest BCUT2D eigenvalue weighted by Crippen LogP contribution is -2.46. The third-order valence-corrected chi connectivity index (χ3v) is 3.08. The maximum atomic E-state index is 12.0. The number of carbonyl (C=O) groups excluding carboxylic acids is 1. The highest BCUT2D eigenvalue weighted by molar-refractivity contribution is 5.69. The second-order valence-corrected chi connectivity index (χ2v) is 5.64. The van der Waals surface area contributed by atoms with Crippen molar-refractivity contribution in [3.8, 4) is 0 Å². The molecule has 0 bridgehead atoms. The predicted molar refractivity (Wildman–Crippen MR) is 64.0 cm³/mol. The van der Waals surface area contributed by atoms with Gasteiger partial charge in [0.2, 0.25) is 0 Å². The Kier molecular flexibility index (Phi) is 3.58. The normalized spacial score (nSPS) is 29.7. The van der Waals surface area contributed by atoms with E-state index in [0.29, 0.717) is 0 Å². The van der Waals surface area contributed by atoms with Gasteiger partial charge in [0.1, 0.15) is 5.60 Å². The van der Waals surface area contributed by atoms with E-state index in [1.807, 2.05) is 20.8 Å². The van der Waals surface area contributed by atoms with Crippen molar-refractivity contribution in [1.82, 2.24) is 10.2 Å². The summed E-state index contributed by atoms with van der Waals surface area (Å²) in [6.45, 7) is 8.77. The number of likely N-dealkylation sites (tertiary alicyclic amines) is 1. The molecule has 2 aliphatic heterocycles. The van der Waals surface area contributed by atoms with Gasteiger partial charge < -0.3 is 19.7 Å². The standard InChI is InChI=1S/C12H22N2O3/c1-12(2,3)17-11(15)14-6-4-10-9(14)8-13-5-7-16-10/h9-10,13H,4-8H2,1-3H3. The quantitative estimate of drug-likeness (QED) is 0.688. The average Bonchev–Trinajstić information content (AvgIpc) is 2.46. The first-order valence-electron chi connectivity index (χ1n) is 6.29. The lowest BCUT2D eigenvalue weighted by Gasteiger charge is -2.29. The molecule has 0 aromatic heterocycles. The van der Waals surface area contributed by atoms with Gasteiger partial charge >= 0.3 is 6.09 Å². The summed E-state index contributed by atoms with van der Waals surface area (Å²) in [6.07, 6.45) is 0.848. The first-order chi connectivity index (χ1) is 7.97. The van der Waals surface area contributed by atoms with Crippen molar-refractivity contribution >= 4 is 6.09 Å². The average molecular weight is 242 g/mol. The van der Waals surface area contributed by atoms with E-state index < -0.39 is 5.60 Å². The summed E-state index contributed by atoms with van der Waals surface area (Å²) in [4.78, 5) is 13.8. The molecule has 2 unspecified atom stereocenters. The minimum atomic E-state index is -0.436. The maximum absolute atomic E-state index is 12.0. The van der Waals surface area contributed by atoms with E-state index >= 15 is 0 Å². The van der Waals surface area contributed by atoms with Crippen molar-refractivity contribution < 1.29 is 14.3 Å². The molecule has 0 aliphatic carbocycles. The van der Waals surface area contributed by atoms with Crippen LogP contribution in [0, 0.1) is 0 Å². The molecular weight excluding hydrogens is 220 g/mol. The van der Waals surface area contributed by atoms with Gasteiger partial charge in [-0.15, -0.1) is 0 Å². The van der Waals surface area contributed by atoms with Crippen LogP contribution in [0.5, 0.6) is 0 Å². The van der Waals surface area contributed by atoms with Gasteiger partial charge in [-0.05, 0) is 27.2 Å². The molecule has 0 aromatic carbocycles. The van der Waals surface area contributed by atoms with E-state index in [2.05, 4.69) is 5.32 Å². The van der Waals surface area contributed by atoms with Gasteiger partial charge in [0.25, 0.3) is 0 Å². The zero-order valence-electron chi connectivity index (χ0n) is 10.9. The van der Waals surface area contributed by atoms with Gasteiger partial charge in [-0.25, -0.2) is 4.79 Å². The Morgan fingerprint density at radius 3 is 2.94 bits per heavy atom. The van der Waals surface area contributed by atoms with Gasteiger partial charge in [0, 0.05) is 19.6 Å². The number of amides is 1. The summed E-state index contributed by atoms with van der Waals surface area (Å²) in [5.74, 6) is 0. The van der Waals surface area contributed by atoms with Gasteiger partial charge in [-0.1, -0.05) is 0 Å². The molecule has 0 spiro atoms. The van der Waals surface area contributed by atoms with Crippen LogP contribution in [-0.2, 0) is 9.47 Å². The third-order valence-electron chi connectivity index (χ3n) is 3.08. The smallest absolute Gasteiger partial charge is 0.410 e. The summed E-state index contributed by atoms with van der Waals surface area (Å²) in [6, 6.07) is 0.118. The van der Waals surface area contributed by atoms with Crippen LogP contribution in [0.25, 0.3) is 0 Å². The summed E-state index contributed by atoms with van der Waals surface area (Å²) in [5.41, 5.74) is -0.436. The molecule has 1 amide bonds. The van der Waals surface area contributed by atoms with Crippen LogP contribution in [0.1, 0.15) is 27.2 Å². The summed E-state index contributed by atoms with van der Waals surface area (Å²) >= 11 is 0. The number of ether oxygens (including phenoxy) is 2. The molecule has 0 saturated carbocycles. The molecule has 5 heteroatoms. The second kappa shape index (κ2) is 4.82. The Labute approximate surface area is 102 Å². The molecule has 2 atom stereocenters. The molecule has 2 fully saturated rings. The van der Waals surface area contributed by atoms with Crippen LogP contribution in [-0.4, -0.2) is 55.0 Å². The minimum absolute atomic E-state index is 0.118. The molecule has 2 heterocycles. The van der Waals surface area contributed by atoms with E-state index in [9.17, 15) is 4.79 Å². The molecule has 5 nitrogen and oxygen atoms in total. The monoisotopic (exact) mass is 242 g/mol. The molecule has 17 heavy (non-hydrogen) atoms. The van der Waals surface area contributed by atoms with Crippen LogP contribution in [0.15, 0.2) is 0 Å². The van der Waals surface area contributed by atoms with E-state index in [1.165, 1.54) is 0 Å². The Hall–Kier alpha value is -0.810. The van der Waals surface area contributed by atoms with E-state index in [0.717, 1.165) is 32.7 Å². The number of hydrogen-bond donors (Lipinski definition) is 1.